The van der Waals surface area contributed by atoms with Gasteiger partial charge in [-0.1, -0.05) is 11.8 Å². The van der Waals surface area contributed by atoms with Gasteiger partial charge in [-0.15, -0.1) is 0 Å². The van der Waals surface area contributed by atoms with Gasteiger partial charge in [0.25, 0.3) is 18.2 Å². The van der Waals surface area contributed by atoms with Gasteiger partial charge in [0.2, 0.25) is 0 Å². The molecule has 0 saturated heterocycles. The number of nitrogens with one attached hydrogen (secondary N) is 2. The van der Waals surface area contributed by atoms with E-state index in [1.165, 1.54) is 24.3 Å². The van der Waals surface area contributed by atoms with Gasteiger partial charge in [-0.25, -0.2) is 14.3 Å². The Balaban J connectivity index is 2.05. The van der Waals surface area contributed by atoms with E-state index in [-0.39, 0.29) is 24.0 Å². The topological polar surface area (TPSA) is 119 Å². The fourth-order valence-electron chi connectivity index (χ4n) is 2.45. The zero-order valence-electron chi connectivity index (χ0n) is 15.4. The van der Waals surface area contributed by atoms with Crippen LogP contribution in [0.3, 0.4) is 0 Å². The predicted molar refractivity (Wildman–Crippen MR) is 97.6 cm³/mol. The molecule has 4 unspecified atom stereocenters. The van der Waals surface area contributed by atoms with Crippen LogP contribution in [-0.4, -0.2) is 51.9 Å². The first kappa shape index (κ1) is 22.3. The van der Waals surface area contributed by atoms with E-state index in [9.17, 15) is 23.5 Å². The molecule has 0 aliphatic heterocycles. The Labute approximate surface area is 166 Å². The van der Waals surface area contributed by atoms with Gasteiger partial charge in [-0.3, -0.25) is 14.8 Å². The highest BCUT2D eigenvalue weighted by Gasteiger charge is 2.46. The molecule has 1 aliphatic carbocycles. The molecule has 1 aromatic rings. The van der Waals surface area contributed by atoms with Crippen LogP contribution in [0.15, 0.2) is 24.3 Å². The highest BCUT2D eigenvalue weighted by atomic mass is 19.3. The molecule has 154 valence electrons. The molecule has 1 aromatic carbocycles. The van der Waals surface area contributed by atoms with E-state index >= 15 is 0 Å². The minimum absolute atomic E-state index is 0.0335. The molecular weight excluding hydrogens is 386 g/mol. The second-order valence-electron chi connectivity index (χ2n) is 6.79. The highest BCUT2D eigenvalue weighted by molar-refractivity contribution is 5.97. The number of hydroxylamine groups is 1. The Morgan fingerprint density at radius 2 is 1.93 bits per heavy atom. The summed E-state index contributed by atoms with van der Waals surface area (Å²) < 4.78 is 26.0. The van der Waals surface area contributed by atoms with Gasteiger partial charge in [0.15, 0.2) is 5.60 Å². The maximum atomic E-state index is 13.0. The van der Waals surface area contributed by atoms with Crippen LogP contribution in [0.5, 0.6) is 0 Å². The van der Waals surface area contributed by atoms with Gasteiger partial charge in [0.05, 0.1) is 0 Å². The zero-order chi connectivity index (χ0) is 21.6. The zero-order valence-corrected chi connectivity index (χ0v) is 15.4. The van der Waals surface area contributed by atoms with E-state index in [0.29, 0.717) is 12.5 Å². The number of benzene rings is 1. The summed E-state index contributed by atoms with van der Waals surface area (Å²) >= 11 is 0. The first-order valence-electron chi connectivity index (χ1n) is 8.68. The van der Waals surface area contributed by atoms with Crippen molar-refractivity contribution in [2.75, 3.05) is 6.61 Å². The molecule has 1 saturated carbocycles. The van der Waals surface area contributed by atoms with Gasteiger partial charge < -0.3 is 15.5 Å². The van der Waals surface area contributed by atoms with Gasteiger partial charge in [0.1, 0.15) is 6.04 Å². The maximum absolute atomic E-state index is 13.0. The van der Waals surface area contributed by atoms with Crippen molar-refractivity contribution in [1.82, 2.24) is 10.8 Å². The summed E-state index contributed by atoms with van der Waals surface area (Å²) in [5.74, 6) is 9.19. The molecular formula is C20H20F2N2O5. The molecule has 2 rings (SSSR count). The van der Waals surface area contributed by atoms with Crippen LogP contribution in [0.25, 0.3) is 0 Å². The van der Waals surface area contributed by atoms with E-state index in [4.69, 9.17) is 10.3 Å². The van der Waals surface area contributed by atoms with Crippen molar-refractivity contribution in [2.24, 2.45) is 11.8 Å². The molecule has 2 amide bonds. The van der Waals surface area contributed by atoms with Crippen LogP contribution in [0.1, 0.15) is 29.3 Å². The lowest BCUT2D eigenvalue weighted by Gasteiger charge is -2.30. The van der Waals surface area contributed by atoms with Crippen molar-refractivity contribution < 1.29 is 33.8 Å². The Morgan fingerprint density at radius 1 is 1.28 bits per heavy atom. The summed E-state index contributed by atoms with van der Waals surface area (Å²) in [6.45, 7) is 0.784. The number of carbonyl (C=O) groups excluding carboxylic acids is 2. The van der Waals surface area contributed by atoms with E-state index in [2.05, 4.69) is 23.7 Å². The molecule has 1 aliphatic rings. The third kappa shape index (κ3) is 5.75. The summed E-state index contributed by atoms with van der Waals surface area (Å²) in [6.07, 6.45) is -2.49. The number of aliphatic hydroxyl groups is 2. The fourth-order valence-corrected chi connectivity index (χ4v) is 2.45. The average molecular weight is 406 g/mol. The first-order chi connectivity index (χ1) is 13.7. The van der Waals surface area contributed by atoms with Crippen molar-refractivity contribution in [3.63, 3.8) is 0 Å². The SMILES string of the molecule is CC(O)(C(F)F)C(NC(=O)c1ccc(C#CC#CC2CC2CO)cc1)C(=O)NO. The molecule has 0 radical (unpaired) electrons. The smallest absolute Gasteiger partial charge is 0.269 e. The minimum Gasteiger partial charge on any atom is -0.396 e. The number of rotatable bonds is 6. The lowest BCUT2D eigenvalue weighted by Crippen LogP contribution is -2.61. The molecule has 4 atom stereocenters. The Hall–Kier alpha value is -2.98. The van der Waals surface area contributed by atoms with E-state index in [1.54, 1.807) is 0 Å². The lowest BCUT2D eigenvalue weighted by atomic mass is 9.95. The normalized spacial score (nSPS) is 20.2. The quantitative estimate of drug-likeness (QED) is 0.264. The highest BCUT2D eigenvalue weighted by Crippen LogP contribution is 2.36. The summed E-state index contributed by atoms with van der Waals surface area (Å²) in [4.78, 5) is 23.9. The van der Waals surface area contributed by atoms with Crippen LogP contribution in [0, 0.1) is 35.5 Å². The van der Waals surface area contributed by atoms with Crippen molar-refractivity contribution in [3.8, 4) is 23.7 Å². The molecule has 7 nitrogen and oxygen atoms in total. The van der Waals surface area contributed by atoms with Gasteiger partial charge in [-0.2, -0.15) is 0 Å². The van der Waals surface area contributed by atoms with Crippen molar-refractivity contribution in [1.29, 1.82) is 0 Å². The number of hydrogen-bond acceptors (Lipinski definition) is 5. The van der Waals surface area contributed by atoms with Crippen molar-refractivity contribution in [2.45, 2.75) is 31.4 Å². The number of amides is 2. The molecule has 5 N–H and O–H groups in total. The largest absolute Gasteiger partial charge is 0.396 e. The lowest BCUT2D eigenvalue weighted by molar-refractivity contribution is -0.149. The minimum atomic E-state index is -3.35. The second kappa shape index (κ2) is 9.48. The fraction of sp³-hybridized carbons (Fsp3) is 0.400. The van der Waals surface area contributed by atoms with Gasteiger partial charge >= 0.3 is 0 Å². The average Bonchev–Trinajstić information content (AvgIpc) is 3.47. The van der Waals surface area contributed by atoms with Crippen molar-refractivity contribution >= 4 is 11.8 Å². The summed E-state index contributed by atoms with van der Waals surface area (Å²) in [5.41, 5.74) is -1.17. The molecule has 0 heterocycles. The maximum Gasteiger partial charge on any atom is 0.269 e. The van der Waals surface area contributed by atoms with Gasteiger partial charge in [0, 0.05) is 23.7 Å². The molecule has 0 bridgehead atoms. The molecule has 0 aromatic heterocycles. The number of aliphatic hydroxyl groups excluding tert-OH is 1. The number of alkyl halides is 2. The standard InChI is InChI=1S/C20H20F2N2O5/c1-20(28,19(21)22)16(18(27)24-29)23-17(26)13-8-6-12(7-9-13)4-2-3-5-14-10-15(14)11-25/h6-9,14-16,19,25,28-29H,10-11H2,1H3,(H,23,26)(H,24,27). The van der Waals surface area contributed by atoms with Crippen LogP contribution in [0.2, 0.25) is 0 Å². The van der Waals surface area contributed by atoms with Crippen LogP contribution >= 0.6 is 0 Å². The third-order valence-corrected chi connectivity index (χ3v) is 4.51. The Bertz CT molecular complexity index is 878. The summed E-state index contributed by atoms with van der Waals surface area (Å²) in [6, 6.07) is 3.65. The number of halogens is 2. The third-order valence-electron chi connectivity index (χ3n) is 4.51. The molecule has 0 spiro atoms. The van der Waals surface area contributed by atoms with E-state index < -0.39 is 29.9 Å². The number of carbonyl (C=O) groups is 2. The first-order valence-corrected chi connectivity index (χ1v) is 8.68. The van der Waals surface area contributed by atoms with Crippen LogP contribution in [0.4, 0.5) is 8.78 Å². The van der Waals surface area contributed by atoms with Gasteiger partial charge in [-0.05, 0) is 55.4 Å². The summed E-state index contributed by atoms with van der Waals surface area (Å²) in [7, 11) is 0. The predicted octanol–water partition coefficient (Wildman–Crippen LogP) is 0.290. The number of hydrogen-bond donors (Lipinski definition) is 5. The molecule has 29 heavy (non-hydrogen) atoms. The van der Waals surface area contributed by atoms with E-state index in [0.717, 1.165) is 11.9 Å². The Kier molecular flexibility index (Phi) is 7.29. The van der Waals surface area contributed by atoms with Crippen LogP contribution in [-0.2, 0) is 4.79 Å². The van der Waals surface area contributed by atoms with E-state index in [1.807, 2.05) is 5.32 Å². The Morgan fingerprint density at radius 3 is 2.45 bits per heavy atom. The molecule has 9 heteroatoms. The monoisotopic (exact) mass is 406 g/mol. The second-order valence-corrected chi connectivity index (χ2v) is 6.79. The summed E-state index contributed by atoms with van der Waals surface area (Å²) in [5, 5.41) is 29.4. The van der Waals surface area contributed by atoms with Crippen molar-refractivity contribution in [3.05, 3.63) is 35.4 Å². The molecule has 1 fully saturated rings. The van der Waals surface area contributed by atoms with Crippen LogP contribution < -0.4 is 10.8 Å².